The van der Waals surface area contributed by atoms with Gasteiger partial charge >= 0.3 is 0 Å². The van der Waals surface area contributed by atoms with E-state index in [2.05, 4.69) is 44.0 Å². The molecule has 310 valence electrons. The molecule has 0 saturated carbocycles. The van der Waals surface area contributed by atoms with E-state index < -0.39 is 0 Å². The van der Waals surface area contributed by atoms with Gasteiger partial charge < -0.3 is 37.9 Å². The molecule has 0 spiro atoms. The van der Waals surface area contributed by atoms with Gasteiger partial charge in [0.05, 0.1) is 96.8 Å². The van der Waals surface area contributed by atoms with E-state index in [4.69, 9.17) is 56.6 Å². The maximum atomic E-state index is 6.02. The van der Waals surface area contributed by atoms with Gasteiger partial charge in [-0.1, -0.05) is 0 Å². The van der Waals surface area contributed by atoms with Crippen LogP contribution in [0.3, 0.4) is 0 Å². The van der Waals surface area contributed by atoms with Crippen molar-refractivity contribution >= 4 is 88.3 Å². The van der Waals surface area contributed by atoms with E-state index in [0.29, 0.717) is 90.7 Å². The summed E-state index contributed by atoms with van der Waals surface area (Å²) in [6.07, 6.45) is 0. The van der Waals surface area contributed by atoms with Crippen LogP contribution in [0.15, 0.2) is 80.4 Å². The fourth-order valence-electron chi connectivity index (χ4n) is 6.07. The number of rotatable bonds is 24. The smallest absolute Gasteiger partial charge is 0.119 e. The lowest BCUT2D eigenvalue weighted by Gasteiger charge is -2.16. The molecule has 0 radical (unpaired) electrons. The highest BCUT2D eigenvalue weighted by Crippen LogP contribution is 2.47. The number of halogens is 2. The minimum atomic E-state index is 0.404. The van der Waals surface area contributed by atoms with Gasteiger partial charge in [-0.3, -0.25) is 0 Å². The number of methoxy groups -OCH3 is 2. The first-order valence-corrected chi connectivity index (χ1v) is 22.8. The molecular formula is C42H42Br2N4O8S3. The van der Waals surface area contributed by atoms with Crippen LogP contribution < -0.4 is 9.47 Å². The molecule has 0 fully saturated rings. The Morgan fingerprint density at radius 1 is 0.441 bits per heavy atom. The molecule has 7 rings (SSSR count). The van der Waals surface area contributed by atoms with Crippen LogP contribution in [0.25, 0.3) is 65.5 Å². The van der Waals surface area contributed by atoms with Crippen molar-refractivity contribution in [3.8, 4) is 54.9 Å². The Balaban J connectivity index is 1.21. The molecule has 0 N–H and O–H groups in total. The molecule has 0 saturated heterocycles. The minimum absolute atomic E-state index is 0.404. The second-order valence-corrected chi connectivity index (χ2v) is 18.2. The Kier molecular flexibility index (Phi) is 16.6. The van der Waals surface area contributed by atoms with Crippen LogP contribution >= 0.6 is 66.3 Å². The normalized spacial score (nSPS) is 11.6. The zero-order chi connectivity index (χ0) is 40.8. The van der Waals surface area contributed by atoms with Gasteiger partial charge in [-0.05, 0) is 105 Å². The Labute approximate surface area is 371 Å². The topological polar surface area (TPSA) is 125 Å². The van der Waals surface area contributed by atoms with Crippen LogP contribution in [0.5, 0.6) is 11.5 Å². The number of nitrogens with zero attached hydrogens (tertiary/aromatic N) is 4. The average molecular weight is 987 g/mol. The Morgan fingerprint density at radius 3 is 1.17 bits per heavy atom. The maximum Gasteiger partial charge on any atom is 0.119 e. The number of ether oxygens (including phenoxy) is 8. The lowest BCUT2D eigenvalue weighted by Crippen LogP contribution is -2.12. The Hall–Kier alpha value is -3.46. The molecule has 3 aromatic carbocycles. The molecule has 0 amide bonds. The average Bonchev–Trinajstić information content (AvgIpc) is 4.03. The van der Waals surface area contributed by atoms with Crippen molar-refractivity contribution in [1.29, 1.82) is 0 Å². The molecule has 0 aliphatic rings. The molecule has 12 nitrogen and oxygen atoms in total. The maximum absolute atomic E-state index is 6.02. The third-order valence-electron chi connectivity index (χ3n) is 8.83. The second kappa shape index (κ2) is 22.4. The first-order chi connectivity index (χ1) is 29.0. The van der Waals surface area contributed by atoms with Crippen molar-refractivity contribution in [2.75, 3.05) is 93.5 Å². The summed E-state index contributed by atoms with van der Waals surface area (Å²) in [5.74, 6) is 1.44. The number of fused-ring (bicyclic) bond motifs is 2. The molecule has 0 bridgehead atoms. The van der Waals surface area contributed by atoms with Crippen LogP contribution in [0, 0.1) is 0 Å². The van der Waals surface area contributed by atoms with E-state index in [0.717, 1.165) is 73.1 Å². The molecular weight excluding hydrogens is 944 g/mol. The van der Waals surface area contributed by atoms with Crippen LogP contribution in [-0.2, 0) is 28.4 Å². The summed E-state index contributed by atoms with van der Waals surface area (Å²) in [5.41, 5.74) is 8.06. The molecule has 0 atom stereocenters. The number of hydrogen-bond donors (Lipinski definition) is 0. The first-order valence-electron chi connectivity index (χ1n) is 18.8. The summed E-state index contributed by atoms with van der Waals surface area (Å²) in [6.45, 7) is 5.89. The SMILES string of the molecule is COCCOCCOCCOc1ccc(-c2nc3c(-c4ccc(Br)s4)c4nsnc4c(-c4ccc(Br)s4)c3nc2-c2ccc(OCCOCCOCCOC)cc2)cc1. The summed E-state index contributed by atoms with van der Waals surface area (Å²) in [6, 6.07) is 24.1. The number of thiophene rings is 2. The summed E-state index contributed by atoms with van der Waals surface area (Å²) in [4.78, 5) is 13.1. The van der Waals surface area contributed by atoms with Crippen molar-refractivity contribution < 1.29 is 37.9 Å². The van der Waals surface area contributed by atoms with E-state index in [1.807, 2.05) is 60.7 Å². The number of hydrogen-bond acceptors (Lipinski definition) is 15. The van der Waals surface area contributed by atoms with Crippen LogP contribution in [-0.4, -0.2) is 112 Å². The molecule has 0 aliphatic heterocycles. The molecule has 59 heavy (non-hydrogen) atoms. The highest BCUT2D eigenvalue weighted by molar-refractivity contribution is 9.11. The second-order valence-electron chi connectivity index (χ2n) is 12.7. The van der Waals surface area contributed by atoms with Gasteiger partial charge in [-0.25, -0.2) is 9.97 Å². The third-order valence-corrected chi connectivity index (χ3v) is 12.6. The summed E-state index contributed by atoms with van der Waals surface area (Å²) in [5, 5.41) is 0. The number of aromatic nitrogens is 4. The fourth-order valence-corrected chi connectivity index (χ4v) is 9.50. The van der Waals surface area contributed by atoms with E-state index in [-0.39, 0.29) is 0 Å². The van der Waals surface area contributed by atoms with Crippen LogP contribution in [0.1, 0.15) is 0 Å². The van der Waals surface area contributed by atoms with Gasteiger partial charge in [0.15, 0.2) is 0 Å². The molecule has 4 heterocycles. The van der Waals surface area contributed by atoms with Gasteiger partial charge in [0.25, 0.3) is 0 Å². The predicted molar refractivity (Wildman–Crippen MR) is 241 cm³/mol. The lowest BCUT2D eigenvalue weighted by molar-refractivity contribution is 0.0180. The highest BCUT2D eigenvalue weighted by Gasteiger charge is 2.26. The molecule has 17 heteroatoms. The molecule has 0 unspecified atom stereocenters. The highest BCUT2D eigenvalue weighted by atomic mass is 79.9. The zero-order valence-corrected chi connectivity index (χ0v) is 38.1. The predicted octanol–water partition coefficient (Wildman–Crippen LogP) is 10.1. The summed E-state index contributed by atoms with van der Waals surface area (Å²) >= 11 is 11.8. The van der Waals surface area contributed by atoms with E-state index in [9.17, 15) is 0 Å². The minimum Gasteiger partial charge on any atom is -0.491 e. The van der Waals surface area contributed by atoms with Crippen molar-refractivity contribution in [2.24, 2.45) is 0 Å². The van der Waals surface area contributed by atoms with Gasteiger partial charge in [0, 0.05) is 46.2 Å². The van der Waals surface area contributed by atoms with Gasteiger partial charge in [-0.2, -0.15) is 8.75 Å². The number of benzene rings is 3. The fraction of sp³-hybridized carbons (Fsp3) is 0.333. The summed E-state index contributed by atoms with van der Waals surface area (Å²) < 4.78 is 56.0. The Bertz CT molecular complexity index is 2230. The van der Waals surface area contributed by atoms with E-state index in [1.165, 1.54) is 11.7 Å². The summed E-state index contributed by atoms with van der Waals surface area (Å²) in [7, 11) is 3.30. The molecule has 7 aromatic rings. The molecule has 0 aliphatic carbocycles. The first kappa shape index (κ1) is 43.6. The van der Waals surface area contributed by atoms with Crippen molar-refractivity contribution in [2.45, 2.75) is 0 Å². The zero-order valence-electron chi connectivity index (χ0n) is 32.4. The van der Waals surface area contributed by atoms with Crippen molar-refractivity contribution in [3.05, 3.63) is 80.4 Å². The van der Waals surface area contributed by atoms with Gasteiger partial charge in [-0.15, -0.1) is 22.7 Å². The van der Waals surface area contributed by atoms with E-state index in [1.54, 1.807) is 36.9 Å². The standard InChI is InChI=1S/C42H42Br2N4O8S3/c1-49-15-17-51-19-21-53-23-25-55-29-7-3-27(4-8-29)37-38(28-5-9-30(10-6-28)56-26-24-54-22-20-52-18-16-50-2)46-40-36(32-12-14-34(44)58-32)42-41(47-59-48-42)35(39(40)45-37)31-11-13-33(43)57-31/h3-14H,15-26H2,1-2H3. The van der Waals surface area contributed by atoms with Gasteiger partial charge in [0.1, 0.15) is 46.8 Å². The van der Waals surface area contributed by atoms with Crippen molar-refractivity contribution in [3.63, 3.8) is 0 Å². The van der Waals surface area contributed by atoms with E-state index >= 15 is 0 Å². The van der Waals surface area contributed by atoms with Crippen LogP contribution in [0.4, 0.5) is 0 Å². The monoisotopic (exact) mass is 984 g/mol. The Morgan fingerprint density at radius 2 is 0.814 bits per heavy atom. The third kappa shape index (κ3) is 11.5. The quantitative estimate of drug-likeness (QED) is 0.0535. The van der Waals surface area contributed by atoms with Gasteiger partial charge in [0.2, 0.25) is 0 Å². The van der Waals surface area contributed by atoms with Crippen LogP contribution in [0.2, 0.25) is 0 Å². The van der Waals surface area contributed by atoms with Crippen molar-refractivity contribution in [1.82, 2.24) is 18.7 Å². The molecule has 4 aromatic heterocycles. The largest absolute Gasteiger partial charge is 0.491 e. The lowest BCUT2D eigenvalue weighted by atomic mass is 9.99.